The number of hydrogen-bond acceptors (Lipinski definition) is 3. The molecule has 0 unspecified atom stereocenters. The Morgan fingerprint density at radius 1 is 1.20 bits per heavy atom. The third-order valence-electron chi connectivity index (χ3n) is 4.23. The summed E-state index contributed by atoms with van der Waals surface area (Å²) in [5, 5.41) is 3.24. The normalized spacial score (nSPS) is 17.0. The van der Waals surface area contributed by atoms with E-state index in [2.05, 4.69) is 21.9 Å². The van der Waals surface area contributed by atoms with Gasteiger partial charge >= 0.3 is 6.36 Å². The molecule has 0 aliphatic carbocycles. The van der Waals surface area contributed by atoms with Gasteiger partial charge in [0.05, 0.1) is 0 Å². The number of alkyl halides is 3. The van der Waals surface area contributed by atoms with E-state index in [4.69, 9.17) is 0 Å². The van der Waals surface area contributed by atoms with E-state index < -0.39 is 12.2 Å². The molecule has 1 aromatic carbocycles. The van der Waals surface area contributed by atoms with Gasteiger partial charge in [0, 0.05) is 37.8 Å². The topological polar surface area (TPSA) is 24.5 Å². The monoisotopic (exact) mass is 384 g/mol. The SMILES string of the molecule is CCCCC[C@@H](c1cc(OC(F)(F)F)ccc1F)N1CCNCC1.Cl. The second-order valence-electron chi connectivity index (χ2n) is 6.03. The molecule has 0 saturated carbocycles. The Bertz CT molecular complexity index is 522. The van der Waals surface area contributed by atoms with Crippen molar-refractivity contribution in [3.63, 3.8) is 0 Å². The first-order valence-corrected chi connectivity index (χ1v) is 8.40. The van der Waals surface area contributed by atoms with Crippen LogP contribution >= 0.6 is 12.4 Å². The number of unbranched alkanes of at least 4 members (excludes halogenated alkanes) is 2. The fraction of sp³-hybridized carbons (Fsp3) is 0.647. The van der Waals surface area contributed by atoms with Crippen LogP contribution in [0.3, 0.4) is 0 Å². The fourth-order valence-corrected chi connectivity index (χ4v) is 3.09. The van der Waals surface area contributed by atoms with Gasteiger partial charge in [-0.05, 0) is 24.6 Å². The van der Waals surface area contributed by atoms with Crippen LogP contribution in [0.25, 0.3) is 0 Å². The minimum atomic E-state index is -4.78. The Morgan fingerprint density at radius 3 is 2.48 bits per heavy atom. The van der Waals surface area contributed by atoms with Crippen LogP contribution < -0.4 is 10.1 Å². The Kier molecular flexibility index (Phi) is 8.96. The molecular formula is C17H25ClF4N2O. The van der Waals surface area contributed by atoms with Gasteiger partial charge in [0.15, 0.2) is 0 Å². The van der Waals surface area contributed by atoms with E-state index >= 15 is 0 Å². The first-order chi connectivity index (χ1) is 11.4. The highest BCUT2D eigenvalue weighted by atomic mass is 35.5. The maximum Gasteiger partial charge on any atom is 0.573 e. The van der Waals surface area contributed by atoms with Crippen molar-refractivity contribution in [1.82, 2.24) is 10.2 Å². The fourth-order valence-electron chi connectivity index (χ4n) is 3.09. The van der Waals surface area contributed by atoms with Gasteiger partial charge in [-0.15, -0.1) is 25.6 Å². The number of ether oxygens (including phenoxy) is 1. The van der Waals surface area contributed by atoms with Crippen molar-refractivity contribution in [3.05, 3.63) is 29.6 Å². The number of rotatable bonds is 7. The molecule has 0 bridgehead atoms. The van der Waals surface area contributed by atoms with Crippen LogP contribution in [-0.4, -0.2) is 37.4 Å². The summed E-state index contributed by atoms with van der Waals surface area (Å²) in [4.78, 5) is 2.14. The van der Waals surface area contributed by atoms with Crippen LogP contribution in [0.15, 0.2) is 18.2 Å². The minimum absolute atomic E-state index is 0. The van der Waals surface area contributed by atoms with Gasteiger partial charge in [-0.1, -0.05) is 26.2 Å². The molecule has 0 spiro atoms. The van der Waals surface area contributed by atoms with E-state index in [-0.39, 0.29) is 29.8 Å². The Labute approximate surface area is 152 Å². The molecule has 8 heteroatoms. The van der Waals surface area contributed by atoms with Gasteiger partial charge in [0.2, 0.25) is 0 Å². The van der Waals surface area contributed by atoms with E-state index in [9.17, 15) is 17.6 Å². The van der Waals surface area contributed by atoms with Gasteiger partial charge in [0.25, 0.3) is 0 Å². The van der Waals surface area contributed by atoms with E-state index in [1.54, 1.807) is 0 Å². The third-order valence-corrected chi connectivity index (χ3v) is 4.23. The summed E-state index contributed by atoms with van der Waals surface area (Å²) in [6, 6.07) is 3.05. The van der Waals surface area contributed by atoms with Crippen LogP contribution in [0.1, 0.15) is 44.2 Å². The van der Waals surface area contributed by atoms with Gasteiger partial charge in [0.1, 0.15) is 11.6 Å². The Morgan fingerprint density at radius 2 is 1.88 bits per heavy atom. The largest absolute Gasteiger partial charge is 0.573 e. The standard InChI is InChI=1S/C17H24F4N2O.ClH/c1-2-3-4-5-16(23-10-8-22-9-11-23)14-12-13(6-7-15(14)18)24-17(19,20)21;/h6-7,12,16,22H,2-5,8-11H2,1H3;1H/t16-;/m0./s1. The molecule has 2 rings (SSSR count). The summed E-state index contributed by atoms with van der Waals surface area (Å²) in [6.45, 7) is 5.18. The average Bonchev–Trinajstić information content (AvgIpc) is 2.53. The lowest BCUT2D eigenvalue weighted by Gasteiger charge is -2.35. The van der Waals surface area contributed by atoms with Gasteiger partial charge in [-0.25, -0.2) is 4.39 Å². The molecule has 1 aliphatic rings. The maximum atomic E-state index is 14.3. The number of piperazine rings is 1. The van der Waals surface area contributed by atoms with Crippen molar-refractivity contribution in [2.24, 2.45) is 0 Å². The Balaban J connectivity index is 0.00000312. The number of hydrogen-bond donors (Lipinski definition) is 1. The summed E-state index contributed by atoms with van der Waals surface area (Å²) >= 11 is 0. The summed E-state index contributed by atoms with van der Waals surface area (Å²) in [5.74, 6) is -0.848. The molecule has 1 fully saturated rings. The maximum absolute atomic E-state index is 14.3. The first-order valence-electron chi connectivity index (χ1n) is 8.40. The molecule has 0 radical (unpaired) electrons. The van der Waals surface area contributed by atoms with Crippen LogP contribution in [0, 0.1) is 5.82 Å². The third kappa shape index (κ3) is 6.99. The zero-order valence-electron chi connectivity index (χ0n) is 14.2. The summed E-state index contributed by atoms with van der Waals surface area (Å²) in [6.07, 6.45) is -1.09. The number of halogens is 5. The van der Waals surface area contributed by atoms with Crippen LogP contribution in [0.4, 0.5) is 17.6 Å². The summed E-state index contributed by atoms with van der Waals surface area (Å²) in [7, 11) is 0. The molecule has 0 aromatic heterocycles. The van der Waals surface area contributed by atoms with Crippen molar-refractivity contribution < 1.29 is 22.3 Å². The quantitative estimate of drug-likeness (QED) is 0.546. The molecule has 1 heterocycles. The number of nitrogens with zero attached hydrogens (tertiary/aromatic N) is 1. The van der Waals surface area contributed by atoms with E-state index in [1.807, 2.05) is 0 Å². The lowest BCUT2D eigenvalue weighted by molar-refractivity contribution is -0.274. The molecule has 3 nitrogen and oxygen atoms in total. The highest BCUT2D eigenvalue weighted by Crippen LogP contribution is 2.33. The number of benzene rings is 1. The van der Waals surface area contributed by atoms with Crippen molar-refractivity contribution >= 4 is 12.4 Å². The van der Waals surface area contributed by atoms with Crippen molar-refractivity contribution in [1.29, 1.82) is 0 Å². The van der Waals surface area contributed by atoms with Gasteiger partial charge < -0.3 is 10.1 Å². The van der Waals surface area contributed by atoms with E-state index in [1.165, 1.54) is 6.07 Å². The Hall–Kier alpha value is -1.05. The zero-order chi connectivity index (χ0) is 17.6. The van der Waals surface area contributed by atoms with Crippen LogP contribution in [0.5, 0.6) is 5.75 Å². The zero-order valence-corrected chi connectivity index (χ0v) is 15.1. The van der Waals surface area contributed by atoms with Gasteiger partial charge in [-0.2, -0.15) is 0 Å². The molecule has 1 aliphatic heterocycles. The van der Waals surface area contributed by atoms with E-state index in [0.717, 1.165) is 64.0 Å². The number of nitrogens with one attached hydrogen (secondary N) is 1. The molecular weight excluding hydrogens is 360 g/mol. The van der Waals surface area contributed by atoms with Crippen molar-refractivity contribution in [2.45, 2.75) is 45.0 Å². The molecule has 1 saturated heterocycles. The summed E-state index contributed by atoms with van der Waals surface area (Å²) < 4.78 is 55.6. The second kappa shape index (κ2) is 10.2. The molecule has 1 aromatic rings. The molecule has 144 valence electrons. The smallest absolute Gasteiger partial charge is 0.406 e. The predicted molar refractivity (Wildman–Crippen MR) is 91.7 cm³/mol. The lowest BCUT2D eigenvalue weighted by Crippen LogP contribution is -2.45. The lowest BCUT2D eigenvalue weighted by atomic mass is 9.97. The molecule has 1 atom stereocenters. The highest BCUT2D eigenvalue weighted by molar-refractivity contribution is 5.85. The van der Waals surface area contributed by atoms with Crippen LogP contribution in [0.2, 0.25) is 0 Å². The van der Waals surface area contributed by atoms with Crippen LogP contribution in [-0.2, 0) is 0 Å². The average molecular weight is 385 g/mol. The van der Waals surface area contributed by atoms with Crippen molar-refractivity contribution in [3.8, 4) is 5.75 Å². The highest BCUT2D eigenvalue weighted by Gasteiger charge is 2.32. The van der Waals surface area contributed by atoms with E-state index in [0.29, 0.717) is 0 Å². The minimum Gasteiger partial charge on any atom is -0.406 e. The second-order valence-corrected chi connectivity index (χ2v) is 6.03. The molecule has 0 amide bonds. The molecule has 1 N–H and O–H groups in total. The summed E-state index contributed by atoms with van der Waals surface area (Å²) in [5.41, 5.74) is 0.287. The van der Waals surface area contributed by atoms with Crippen molar-refractivity contribution in [2.75, 3.05) is 26.2 Å². The van der Waals surface area contributed by atoms with Gasteiger partial charge in [-0.3, -0.25) is 4.90 Å². The predicted octanol–water partition coefficient (Wildman–Crippen LogP) is 4.67. The first kappa shape index (κ1) is 22.0. The molecule has 25 heavy (non-hydrogen) atoms.